The maximum absolute atomic E-state index is 10.3. The summed E-state index contributed by atoms with van der Waals surface area (Å²) in [5.74, 6) is 0.592. The van der Waals surface area contributed by atoms with E-state index in [9.17, 15) is 4.79 Å². The van der Waals surface area contributed by atoms with Crippen molar-refractivity contribution in [3.63, 3.8) is 0 Å². The number of hydrogen-bond acceptors (Lipinski definition) is 2. The van der Waals surface area contributed by atoms with E-state index >= 15 is 0 Å². The van der Waals surface area contributed by atoms with Crippen molar-refractivity contribution in [2.75, 3.05) is 13.1 Å². The third-order valence-corrected chi connectivity index (χ3v) is 2.65. The van der Waals surface area contributed by atoms with Gasteiger partial charge in [0.25, 0.3) is 0 Å². The maximum atomic E-state index is 10.3. The predicted octanol–water partition coefficient (Wildman–Crippen LogP) is 1.14. The van der Waals surface area contributed by atoms with Crippen LogP contribution in [-0.4, -0.2) is 24.3 Å². The molecule has 15 heavy (non-hydrogen) atoms. The minimum absolute atomic E-state index is 0.378. The molecule has 1 amide bonds. The van der Waals surface area contributed by atoms with Crippen LogP contribution in [-0.2, 0) is 6.54 Å². The van der Waals surface area contributed by atoms with E-state index in [1.54, 1.807) is 0 Å². The molecule has 0 bridgehead atoms. The van der Waals surface area contributed by atoms with Gasteiger partial charge in [-0.2, -0.15) is 0 Å². The minimum Gasteiger partial charge on any atom is -0.465 e. The van der Waals surface area contributed by atoms with Crippen molar-refractivity contribution >= 4 is 6.09 Å². The molecule has 0 saturated carbocycles. The van der Waals surface area contributed by atoms with Gasteiger partial charge >= 0.3 is 6.09 Å². The van der Waals surface area contributed by atoms with Crippen LogP contribution in [0, 0.1) is 0 Å². The van der Waals surface area contributed by atoms with Crippen molar-refractivity contribution in [1.82, 2.24) is 10.6 Å². The molecule has 1 aliphatic heterocycles. The Bertz CT molecular complexity index is 361. The Morgan fingerprint density at radius 3 is 2.93 bits per heavy atom. The first-order chi connectivity index (χ1) is 7.25. The summed E-state index contributed by atoms with van der Waals surface area (Å²) < 4.78 is 0. The quantitative estimate of drug-likeness (QED) is 0.695. The van der Waals surface area contributed by atoms with Crippen LogP contribution >= 0.6 is 0 Å². The summed E-state index contributed by atoms with van der Waals surface area (Å²) in [7, 11) is 0. The molecule has 4 heteroatoms. The predicted molar refractivity (Wildman–Crippen MR) is 56.9 cm³/mol. The molecule has 1 aromatic rings. The Labute approximate surface area is 88.3 Å². The van der Waals surface area contributed by atoms with Crippen LogP contribution < -0.4 is 10.6 Å². The van der Waals surface area contributed by atoms with Crippen LogP contribution in [0.5, 0.6) is 0 Å². The highest BCUT2D eigenvalue weighted by molar-refractivity contribution is 5.64. The first-order valence-corrected chi connectivity index (χ1v) is 5.02. The second kappa shape index (κ2) is 4.31. The van der Waals surface area contributed by atoms with E-state index in [4.69, 9.17) is 5.11 Å². The zero-order chi connectivity index (χ0) is 10.7. The zero-order valence-corrected chi connectivity index (χ0v) is 8.36. The van der Waals surface area contributed by atoms with Crippen molar-refractivity contribution in [3.8, 4) is 0 Å². The fourth-order valence-corrected chi connectivity index (χ4v) is 1.66. The van der Waals surface area contributed by atoms with Gasteiger partial charge in [-0.15, -0.1) is 0 Å². The van der Waals surface area contributed by atoms with Gasteiger partial charge in [-0.3, -0.25) is 0 Å². The van der Waals surface area contributed by atoms with Gasteiger partial charge in [0.2, 0.25) is 0 Å². The van der Waals surface area contributed by atoms with Gasteiger partial charge in [0, 0.05) is 25.6 Å². The Hall–Kier alpha value is -1.55. The average Bonchev–Trinajstić information content (AvgIpc) is 2.13. The molecule has 0 atom stereocenters. The molecule has 2 rings (SSSR count). The van der Waals surface area contributed by atoms with Gasteiger partial charge in [0.15, 0.2) is 0 Å². The lowest BCUT2D eigenvalue weighted by Crippen LogP contribution is -2.39. The lowest BCUT2D eigenvalue weighted by atomic mass is 9.92. The molecule has 80 valence electrons. The Morgan fingerprint density at radius 1 is 1.53 bits per heavy atom. The Kier molecular flexibility index (Phi) is 2.87. The molecule has 0 aromatic heterocycles. The average molecular weight is 206 g/mol. The zero-order valence-electron chi connectivity index (χ0n) is 8.36. The van der Waals surface area contributed by atoms with Gasteiger partial charge in [0.1, 0.15) is 0 Å². The number of benzene rings is 1. The molecule has 1 fully saturated rings. The molecule has 0 aliphatic carbocycles. The van der Waals surface area contributed by atoms with Gasteiger partial charge < -0.3 is 15.7 Å². The summed E-state index contributed by atoms with van der Waals surface area (Å²) in [5, 5.41) is 14.1. The molecular formula is C11H14N2O2. The van der Waals surface area contributed by atoms with E-state index in [2.05, 4.69) is 22.8 Å². The first kappa shape index (κ1) is 9.98. The summed E-state index contributed by atoms with van der Waals surface area (Å²) in [4.78, 5) is 10.3. The smallest absolute Gasteiger partial charge is 0.404 e. The Morgan fingerprint density at radius 2 is 2.33 bits per heavy atom. The minimum atomic E-state index is -0.981. The fraction of sp³-hybridized carbons (Fsp3) is 0.364. The van der Waals surface area contributed by atoms with E-state index in [1.165, 1.54) is 5.56 Å². The highest BCUT2D eigenvalue weighted by Gasteiger charge is 2.18. The standard InChI is InChI=1S/C11H14N2O2/c14-11(15)13-5-8-2-1-3-9(4-8)10-6-12-7-10/h1-4,10,12-13H,5-7H2,(H,14,15). The largest absolute Gasteiger partial charge is 0.465 e. The topological polar surface area (TPSA) is 61.4 Å². The third-order valence-electron chi connectivity index (χ3n) is 2.65. The van der Waals surface area contributed by atoms with E-state index < -0.39 is 6.09 Å². The van der Waals surface area contributed by atoms with Crippen molar-refractivity contribution in [1.29, 1.82) is 0 Å². The molecule has 1 saturated heterocycles. The van der Waals surface area contributed by atoms with Crippen LogP contribution in [0.15, 0.2) is 24.3 Å². The molecule has 4 nitrogen and oxygen atoms in total. The lowest BCUT2D eigenvalue weighted by molar-refractivity contribution is 0.194. The van der Waals surface area contributed by atoms with Crippen LogP contribution in [0.3, 0.4) is 0 Å². The van der Waals surface area contributed by atoms with Crippen LogP contribution in [0.4, 0.5) is 4.79 Å². The monoisotopic (exact) mass is 206 g/mol. The highest BCUT2D eigenvalue weighted by atomic mass is 16.4. The Balaban J connectivity index is 2.01. The van der Waals surface area contributed by atoms with E-state index in [0.717, 1.165) is 18.7 Å². The summed E-state index contributed by atoms with van der Waals surface area (Å²) in [6, 6.07) is 8.08. The number of hydrogen-bond donors (Lipinski definition) is 3. The van der Waals surface area contributed by atoms with Crippen molar-refractivity contribution in [2.45, 2.75) is 12.5 Å². The molecular weight excluding hydrogens is 192 g/mol. The molecule has 1 aromatic carbocycles. The number of rotatable bonds is 3. The fourth-order valence-electron chi connectivity index (χ4n) is 1.66. The second-order valence-electron chi connectivity index (χ2n) is 3.76. The number of carbonyl (C=O) groups is 1. The molecule has 1 aliphatic rings. The number of amides is 1. The molecule has 1 heterocycles. The summed E-state index contributed by atoms with van der Waals surface area (Å²) in [6.45, 7) is 2.43. The first-order valence-electron chi connectivity index (χ1n) is 5.02. The molecule has 0 spiro atoms. The molecule has 0 radical (unpaired) electrons. The summed E-state index contributed by atoms with van der Waals surface area (Å²) in [6.07, 6.45) is -0.981. The van der Waals surface area contributed by atoms with Gasteiger partial charge in [-0.05, 0) is 11.1 Å². The summed E-state index contributed by atoms with van der Waals surface area (Å²) in [5.41, 5.74) is 2.31. The van der Waals surface area contributed by atoms with Crippen LogP contribution in [0.25, 0.3) is 0 Å². The van der Waals surface area contributed by atoms with Crippen molar-refractivity contribution in [2.24, 2.45) is 0 Å². The van der Waals surface area contributed by atoms with Crippen molar-refractivity contribution < 1.29 is 9.90 Å². The molecule has 0 unspecified atom stereocenters. The summed E-state index contributed by atoms with van der Waals surface area (Å²) >= 11 is 0. The van der Waals surface area contributed by atoms with Crippen molar-refractivity contribution in [3.05, 3.63) is 35.4 Å². The van der Waals surface area contributed by atoms with E-state index in [0.29, 0.717) is 12.5 Å². The number of carboxylic acid groups (broad SMARTS) is 1. The highest BCUT2D eigenvalue weighted by Crippen LogP contribution is 2.20. The third kappa shape index (κ3) is 2.47. The van der Waals surface area contributed by atoms with Crippen LogP contribution in [0.1, 0.15) is 17.0 Å². The van der Waals surface area contributed by atoms with E-state index in [-0.39, 0.29) is 0 Å². The second-order valence-corrected chi connectivity index (χ2v) is 3.76. The van der Waals surface area contributed by atoms with Gasteiger partial charge in [0.05, 0.1) is 0 Å². The number of nitrogens with one attached hydrogen (secondary N) is 2. The molecule has 3 N–H and O–H groups in total. The van der Waals surface area contributed by atoms with Gasteiger partial charge in [-0.25, -0.2) is 4.79 Å². The lowest BCUT2D eigenvalue weighted by Gasteiger charge is -2.27. The van der Waals surface area contributed by atoms with Gasteiger partial charge in [-0.1, -0.05) is 24.3 Å². The normalized spacial score (nSPS) is 15.7. The van der Waals surface area contributed by atoms with E-state index in [1.807, 2.05) is 12.1 Å². The van der Waals surface area contributed by atoms with Crippen LogP contribution in [0.2, 0.25) is 0 Å². The maximum Gasteiger partial charge on any atom is 0.404 e. The SMILES string of the molecule is O=C(O)NCc1cccc(C2CNC2)c1.